The van der Waals surface area contributed by atoms with Crippen molar-refractivity contribution in [1.29, 1.82) is 0 Å². The van der Waals surface area contributed by atoms with Crippen LogP contribution in [0.5, 0.6) is 0 Å². The molecule has 0 aliphatic rings. The first-order valence-corrected chi connectivity index (χ1v) is 7.81. The lowest BCUT2D eigenvalue weighted by Crippen LogP contribution is -2.10. The Morgan fingerprint density at radius 3 is 2.63 bits per heavy atom. The van der Waals surface area contributed by atoms with Crippen molar-refractivity contribution >= 4 is 27.3 Å². The van der Waals surface area contributed by atoms with E-state index in [4.69, 9.17) is 17.3 Å². The number of benzene rings is 1. The second-order valence-electron chi connectivity index (χ2n) is 4.09. The van der Waals surface area contributed by atoms with Crippen molar-refractivity contribution in [3.05, 3.63) is 35.5 Å². The van der Waals surface area contributed by atoms with Gasteiger partial charge in [-0.3, -0.25) is 0 Å². The van der Waals surface area contributed by atoms with Gasteiger partial charge >= 0.3 is 0 Å². The van der Waals surface area contributed by atoms with E-state index in [2.05, 4.69) is 5.10 Å². The molecule has 0 spiro atoms. The van der Waals surface area contributed by atoms with Gasteiger partial charge in [0.25, 0.3) is 0 Å². The molecule has 102 valence electrons. The molecule has 1 aromatic carbocycles. The van der Waals surface area contributed by atoms with Gasteiger partial charge in [0, 0.05) is 0 Å². The summed E-state index contributed by atoms with van der Waals surface area (Å²) in [5, 5.41) is 4.31. The highest BCUT2D eigenvalue weighted by Gasteiger charge is 2.19. The van der Waals surface area contributed by atoms with Gasteiger partial charge in [0.2, 0.25) is 0 Å². The van der Waals surface area contributed by atoms with E-state index < -0.39 is 9.84 Å². The highest BCUT2D eigenvalue weighted by atomic mass is 35.5. The molecule has 1 heterocycles. The zero-order valence-corrected chi connectivity index (χ0v) is 11.9. The summed E-state index contributed by atoms with van der Waals surface area (Å²) in [7, 11) is -3.34. The molecule has 0 atom stereocenters. The van der Waals surface area contributed by atoms with E-state index in [0.717, 1.165) is 0 Å². The van der Waals surface area contributed by atoms with Gasteiger partial charge in [0.05, 0.1) is 22.5 Å². The molecule has 1 aromatic heterocycles. The Hall–Kier alpha value is -1.53. The Bertz CT molecular complexity index is 675. The molecule has 2 aromatic rings. The number of para-hydroxylation sites is 1. The summed E-state index contributed by atoms with van der Waals surface area (Å²) >= 11 is 5.85. The van der Waals surface area contributed by atoms with Crippen LogP contribution in [0, 0.1) is 0 Å². The number of nitrogens with two attached hydrogens (primary N) is 1. The monoisotopic (exact) mass is 299 g/mol. The molecule has 0 unspecified atom stereocenters. The Balaban J connectivity index is 2.59. The molecule has 0 fully saturated rings. The van der Waals surface area contributed by atoms with E-state index in [9.17, 15) is 8.42 Å². The van der Waals surface area contributed by atoms with Crippen LogP contribution < -0.4 is 5.73 Å². The van der Waals surface area contributed by atoms with Crippen molar-refractivity contribution in [2.24, 2.45) is 0 Å². The molecule has 7 heteroatoms. The number of rotatable bonds is 4. The van der Waals surface area contributed by atoms with Crippen molar-refractivity contribution < 1.29 is 8.42 Å². The lowest BCUT2D eigenvalue weighted by atomic mass is 10.3. The fourth-order valence-corrected chi connectivity index (χ4v) is 3.43. The van der Waals surface area contributed by atoms with Gasteiger partial charge in [-0.25, -0.2) is 13.1 Å². The second kappa shape index (κ2) is 5.22. The number of anilines is 1. The maximum absolute atomic E-state index is 12.2. The molecule has 5 nitrogen and oxygen atoms in total. The Morgan fingerprint density at radius 2 is 2.05 bits per heavy atom. The molecule has 19 heavy (non-hydrogen) atoms. The molecule has 0 saturated carbocycles. The van der Waals surface area contributed by atoms with Crippen LogP contribution >= 0.6 is 11.6 Å². The van der Waals surface area contributed by atoms with Crippen molar-refractivity contribution in [1.82, 2.24) is 9.78 Å². The smallest absolute Gasteiger partial charge is 0.180 e. The van der Waals surface area contributed by atoms with Crippen molar-refractivity contribution in [2.75, 3.05) is 11.5 Å². The summed E-state index contributed by atoms with van der Waals surface area (Å²) in [6.07, 6.45) is 2.05. The average molecular weight is 300 g/mol. The predicted molar refractivity (Wildman–Crippen MR) is 75.3 cm³/mol. The average Bonchev–Trinajstić information content (AvgIpc) is 2.69. The van der Waals surface area contributed by atoms with E-state index in [1.54, 1.807) is 24.3 Å². The van der Waals surface area contributed by atoms with E-state index in [1.165, 1.54) is 10.9 Å². The molecule has 0 aliphatic carbocycles. The molecule has 0 radical (unpaired) electrons. The van der Waals surface area contributed by atoms with Gasteiger partial charge in [-0.15, -0.1) is 5.10 Å². The van der Waals surface area contributed by atoms with Crippen LogP contribution in [0.25, 0.3) is 5.69 Å². The summed E-state index contributed by atoms with van der Waals surface area (Å²) in [6, 6.07) is 6.66. The summed E-state index contributed by atoms with van der Waals surface area (Å²) < 4.78 is 25.8. The standard InChI is InChI=1S/C12H14ClN3O2S/c1-2-7-19(17,18)11-6-4-3-5-10(11)16-8-9(13)12(14)15-16/h3-6,8H,2,7H2,1H3,(H2,14,15). The molecule has 0 aliphatic heterocycles. The maximum atomic E-state index is 12.2. The third-order valence-corrected chi connectivity index (χ3v) is 4.87. The number of nitrogens with zero attached hydrogens (tertiary/aromatic N) is 2. The van der Waals surface area contributed by atoms with E-state index in [0.29, 0.717) is 17.1 Å². The lowest BCUT2D eigenvalue weighted by Gasteiger charge is -2.09. The quantitative estimate of drug-likeness (QED) is 0.939. The Kier molecular flexibility index (Phi) is 3.82. The third kappa shape index (κ3) is 2.74. The highest BCUT2D eigenvalue weighted by molar-refractivity contribution is 7.91. The second-order valence-corrected chi connectivity index (χ2v) is 6.58. The van der Waals surface area contributed by atoms with Crippen LogP contribution in [-0.2, 0) is 9.84 Å². The molecule has 0 bridgehead atoms. The fraction of sp³-hybridized carbons (Fsp3) is 0.250. The van der Waals surface area contributed by atoms with Gasteiger partial charge in [-0.1, -0.05) is 30.7 Å². The van der Waals surface area contributed by atoms with Crippen LogP contribution in [0.1, 0.15) is 13.3 Å². The maximum Gasteiger partial charge on any atom is 0.180 e. The number of hydrogen-bond acceptors (Lipinski definition) is 4. The first-order valence-electron chi connectivity index (χ1n) is 5.78. The molecule has 2 N–H and O–H groups in total. The number of halogens is 1. The molecular weight excluding hydrogens is 286 g/mol. The first kappa shape index (κ1) is 13.9. The largest absolute Gasteiger partial charge is 0.381 e. The minimum Gasteiger partial charge on any atom is -0.381 e. The zero-order chi connectivity index (χ0) is 14.0. The van der Waals surface area contributed by atoms with Gasteiger partial charge in [-0.2, -0.15) is 0 Å². The molecular formula is C12H14ClN3O2S. The van der Waals surface area contributed by atoms with Gasteiger partial charge in [0.1, 0.15) is 5.02 Å². The van der Waals surface area contributed by atoms with Crippen LogP contribution in [-0.4, -0.2) is 24.0 Å². The van der Waals surface area contributed by atoms with Gasteiger partial charge in [0.15, 0.2) is 15.7 Å². The Morgan fingerprint density at radius 1 is 1.37 bits per heavy atom. The van der Waals surface area contributed by atoms with Crippen LogP contribution in [0.15, 0.2) is 35.4 Å². The minimum atomic E-state index is -3.34. The fourth-order valence-electron chi connectivity index (χ4n) is 1.78. The van der Waals surface area contributed by atoms with E-state index >= 15 is 0 Å². The normalized spacial score (nSPS) is 11.7. The van der Waals surface area contributed by atoms with Crippen LogP contribution in [0.3, 0.4) is 0 Å². The molecule has 2 rings (SSSR count). The first-order chi connectivity index (χ1) is 8.95. The predicted octanol–water partition coefficient (Wildman–Crippen LogP) is 2.29. The lowest BCUT2D eigenvalue weighted by molar-refractivity contribution is 0.593. The zero-order valence-electron chi connectivity index (χ0n) is 10.4. The van der Waals surface area contributed by atoms with E-state index in [1.807, 2.05) is 6.92 Å². The summed E-state index contributed by atoms with van der Waals surface area (Å²) in [5.41, 5.74) is 6.04. The van der Waals surface area contributed by atoms with E-state index in [-0.39, 0.29) is 16.5 Å². The summed E-state index contributed by atoms with van der Waals surface area (Å²) in [4.78, 5) is 0.232. The highest BCUT2D eigenvalue weighted by Crippen LogP contribution is 2.24. The summed E-state index contributed by atoms with van der Waals surface area (Å²) in [6.45, 7) is 1.82. The van der Waals surface area contributed by atoms with Crippen molar-refractivity contribution in [2.45, 2.75) is 18.2 Å². The summed E-state index contributed by atoms with van der Waals surface area (Å²) in [5.74, 6) is 0.262. The van der Waals surface area contributed by atoms with Gasteiger partial charge < -0.3 is 5.73 Å². The number of hydrogen-bond donors (Lipinski definition) is 1. The number of aromatic nitrogens is 2. The number of nitrogen functional groups attached to an aromatic ring is 1. The minimum absolute atomic E-state index is 0.0918. The molecule has 0 saturated heterocycles. The molecule has 0 amide bonds. The Labute approximate surface area is 116 Å². The van der Waals surface area contributed by atoms with Gasteiger partial charge in [-0.05, 0) is 18.6 Å². The third-order valence-electron chi connectivity index (χ3n) is 2.62. The van der Waals surface area contributed by atoms with Crippen LogP contribution in [0.2, 0.25) is 5.02 Å². The number of sulfone groups is 1. The van der Waals surface area contributed by atoms with Crippen molar-refractivity contribution in [3.8, 4) is 5.69 Å². The van der Waals surface area contributed by atoms with Crippen LogP contribution in [0.4, 0.5) is 5.82 Å². The van der Waals surface area contributed by atoms with Crippen molar-refractivity contribution in [3.63, 3.8) is 0 Å². The SMILES string of the molecule is CCCS(=O)(=O)c1ccccc1-n1cc(Cl)c(N)n1. The topological polar surface area (TPSA) is 78.0 Å².